The summed E-state index contributed by atoms with van der Waals surface area (Å²) in [5, 5.41) is 14.2. The van der Waals surface area contributed by atoms with Crippen molar-refractivity contribution in [2.45, 2.75) is 91.6 Å². The highest BCUT2D eigenvalue weighted by molar-refractivity contribution is 7.51. The van der Waals surface area contributed by atoms with Crippen LogP contribution in [0.4, 0.5) is 0 Å². The number of Topliss-reactive ketones (excluding diaryl/α,β-unsaturated/α-hetero) is 1. The van der Waals surface area contributed by atoms with E-state index in [1.165, 1.54) is 6.42 Å². The molecule has 5 saturated carbocycles. The van der Waals surface area contributed by atoms with Gasteiger partial charge in [0.05, 0.1) is 18.8 Å². The zero-order valence-electron chi connectivity index (χ0n) is 20.0. The number of aliphatic hydroxyl groups is 1. The lowest BCUT2D eigenvalue weighted by Gasteiger charge is -2.69. The van der Waals surface area contributed by atoms with Crippen LogP contribution in [0.15, 0.2) is 0 Å². The zero-order chi connectivity index (χ0) is 22.7. The van der Waals surface area contributed by atoms with Crippen LogP contribution in [-0.4, -0.2) is 36.2 Å². The largest absolute Gasteiger partial charge is 0.405 e. The van der Waals surface area contributed by atoms with Crippen molar-refractivity contribution in [1.82, 2.24) is 5.09 Å². The first-order chi connectivity index (χ1) is 14.4. The van der Waals surface area contributed by atoms with Crippen molar-refractivity contribution < 1.29 is 23.5 Å². The van der Waals surface area contributed by atoms with Crippen LogP contribution >= 0.6 is 7.75 Å². The maximum Gasteiger partial charge on any atom is 0.405 e. The van der Waals surface area contributed by atoms with Gasteiger partial charge in [-0.05, 0) is 87.4 Å². The van der Waals surface area contributed by atoms with E-state index < -0.39 is 13.3 Å². The minimum Gasteiger partial charge on any atom is -0.389 e. The van der Waals surface area contributed by atoms with Crippen molar-refractivity contribution in [2.75, 3.05) is 19.8 Å². The molecular formula is C24H42NO5P. The molecule has 0 saturated heterocycles. The summed E-state index contributed by atoms with van der Waals surface area (Å²) in [4.78, 5) is 12.8. The molecule has 5 aliphatic rings. The SMILES string of the molecule is CCOP(=O)(NC[C@]1(C)CCC[C@]2(C)[C@@H]1CC[C@@]13CC(=O)[C@@H](C[C@H]12)[C@@](C)(O)C3)OCC. The average molecular weight is 456 g/mol. The maximum absolute atomic E-state index is 13.1. The average Bonchev–Trinajstić information content (AvgIpc) is 2.65. The van der Waals surface area contributed by atoms with E-state index in [2.05, 4.69) is 18.9 Å². The van der Waals surface area contributed by atoms with E-state index in [1.807, 2.05) is 20.8 Å². The molecule has 31 heavy (non-hydrogen) atoms. The number of fused-ring (bicyclic) bond motifs is 3. The molecule has 7 heteroatoms. The Kier molecular flexibility index (Phi) is 6.09. The summed E-state index contributed by atoms with van der Waals surface area (Å²) in [5.41, 5.74) is -0.750. The van der Waals surface area contributed by atoms with E-state index in [-0.39, 0.29) is 27.9 Å². The molecule has 2 N–H and O–H groups in total. The van der Waals surface area contributed by atoms with Gasteiger partial charge in [0.15, 0.2) is 0 Å². The minimum absolute atomic E-state index is 0.00168. The first-order valence-corrected chi connectivity index (χ1v) is 13.9. The van der Waals surface area contributed by atoms with Crippen molar-refractivity contribution in [3.05, 3.63) is 0 Å². The van der Waals surface area contributed by atoms with E-state index >= 15 is 0 Å². The molecule has 0 aromatic carbocycles. The van der Waals surface area contributed by atoms with Gasteiger partial charge in [0.25, 0.3) is 0 Å². The van der Waals surface area contributed by atoms with Gasteiger partial charge < -0.3 is 5.11 Å². The highest BCUT2D eigenvalue weighted by atomic mass is 31.2. The maximum atomic E-state index is 13.1. The lowest BCUT2D eigenvalue weighted by atomic mass is 9.35. The van der Waals surface area contributed by atoms with Gasteiger partial charge in [0.1, 0.15) is 5.78 Å². The summed E-state index contributed by atoms with van der Waals surface area (Å²) < 4.78 is 24.0. The lowest BCUT2D eigenvalue weighted by molar-refractivity contribution is -0.224. The van der Waals surface area contributed by atoms with E-state index in [0.29, 0.717) is 38.0 Å². The van der Waals surface area contributed by atoms with E-state index in [1.54, 1.807) is 0 Å². The number of carbonyl (C=O) groups is 1. The van der Waals surface area contributed by atoms with Gasteiger partial charge in [0.2, 0.25) is 0 Å². The van der Waals surface area contributed by atoms with E-state index in [4.69, 9.17) is 9.05 Å². The van der Waals surface area contributed by atoms with Crippen molar-refractivity contribution in [1.29, 1.82) is 0 Å². The lowest BCUT2D eigenvalue weighted by Crippen LogP contribution is -2.67. The zero-order valence-corrected chi connectivity index (χ0v) is 20.9. The van der Waals surface area contributed by atoms with Crippen LogP contribution in [0.3, 0.4) is 0 Å². The molecule has 0 unspecified atom stereocenters. The van der Waals surface area contributed by atoms with Crippen molar-refractivity contribution >= 4 is 13.5 Å². The van der Waals surface area contributed by atoms with Crippen LogP contribution < -0.4 is 5.09 Å². The van der Waals surface area contributed by atoms with Crippen LogP contribution in [0.5, 0.6) is 0 Å². The predicted octanol–water partition coefficient (Wildman–Crippen LogP) is 5.10. The molecular weight excluding hydrogens is 413 g/mol. The van der Waals surface area contributed by atoms with Gasteiger partial charge in [-0.2, -0.15) is 0 Å². The summed E-state index contributed by atoms with van der Waals surface area (Å²) in [6.45, 7) is 11.7. The van der Waals surface area contributed by atoms with Crippen LogP contribution in [-0.2, 0) is 18.4 Å². The Morgan fingerprint density at radius 3 is 2.39 bits per heavy atom. The summed E-state index contributed by atoms with van der Waals surface area (Å²) in [6, 6.07) is 0. The molecule has 2 bridgehead atoms. The third kappa shape index (κ3) is 3.79. The van der Waals surface area contributed by atoms with Gasteiger partial charge in [-0.1, -0.05) is 20.3 Å². The standard InChI is InChI=1S/C24H42NO5P/c1-6-29-31(28,30-7-2)25-16-21(3)10-8-11-22(4)19(21)9-12-24-14-18(26)17(13-20(22)24)23(5,27)15-24/h17,19-20,27H,6-16H2,1-5H3,(H,25,28)/t17-,19-,20+,21+,22-,23+,24+/m1/s1. The fourth-order valence-corrected chi connectivity index (χ4v) is 10.1. The normalized spacial score (nSPS) is 47.2. The second-order valence-electron chi connectivity index (χ2n) is 11.7. The Morgan fingerprint density at radius 1 is 1.10 bits per heavy atom. The minimum atomic E-state index is -3.29. The molecule has 0 aliphatic heterocycles. The third-order valence-corrected chi connectivity index (χ3v) is 11.4. The van der Waals surface area contributed by atoms with Crippen molar-refractivity contribution in [2.24, 2.45) is 34.0 Å². The number of ketones is 1. The molecule has 5 rings (SSSR count). The van der Waals surface area contributed by atoms with Gasteiger partial charge >= 0.3 is 7.75 Å². The highest BCUT2D eigenvalue weighted by Gasteiger charge is 2.68. The summed E-state index contributed by atoms with van der Waals surface area (Å²) >= 11 is 0. The second kappa shape index (κ2) is 7.91. The Hall–Kier alpha value is -0.260. The molecule has 0 aromatic rings. The molecule has 178 valence electrons. The molecule has 0 radical (unpaired) electrons. The molecule has 0 amide bonds. The number of rotatable bonds is 7. The predicted molar refractivity (Wildman–Crippen MR) is 121 cm³/mol. The molecule has 1 spiro atoms. The van der Waals surface area contributed by atoms with E-state index in [0.717, 1.165) is 38.5 Å². The first kappa shape index (κ1) is 23.9. The fourth-order valence-electron chi connectivity index (χ4n) is 8.65. The van der Waals surface area contributed by atoms with Gasteiger partial charge in [-0.15, -0.1) is 0 Å². The van der Waals surface area contributed by atoms with Crippen molar-refractivity contribution in [3.63, 3.8) is 0 Å². The third-order valence-electron chi connectivity index (χ3n) is 9.69. The van der Waals surface area contributed by atoms with Crippen molar-refractivity contribution in [3.8, 4) is 0 Å². The van der Waals surface area contributed by atoms with Crippen LogP contribution in [0, 0.1) is 34.0 Å². The Morgan fingerprint density at radius 2 is 1.77 bits per heavy atom. The fraction of sp³-hybridized carbons (Fsp3) is 0.958. The smallest absolute Gasteiger partial charge is 0.389 e. The first-order valence-electron chi connectivity index (χ1n) is 12.3. The Bertz CT molecular complexity index is 761. The van der Waals surface area contributed by atoms with Gasteiger partial charge in [-0.25, -0.2) is 9.65 Å². The molecule has 7 atom stereocenters. The number of carbonyl (C=O) groups excluding carboxylic acids is 1. The van der Waals surface area contributed by atoms with Crippen LogP contribution in [0.2, 0.25) is 0 Å². The number of nitrogens with one attached hydrogen (secondary N) is 1. The molecule has 5 aliphatic carbocycles. The van der Waals surface area contributed by atoms with Crippen LogP contribution in [0.25, 0.3) is 0 Å². The quantitative estimate of drug-likeness (QED) is 0.520. The topological polar surface area (TPSA) is 84.9 Å². The summed E-state index contributed by atoms with van der Waals surface area (Å²) in [6.07, 6.45) is 7.74. The monoisotopic (exact) mass is 455 g/mol. The highest BCUT2D eigenvalue weighted by Crippen LogP contribution is 2.72. The second-order valence-corrected chi connectivity index (χ2v) is 13.5. The van der Waals surface area contributed by atoms with Gasteiger partial charge in [-0.3, -0.25) is 13.8 Å². The molecule has 0 heterocycles. The summed E-state index contributed by atoms with van der Waals surface area (Å²) in [7, 11) is -3.29. The molecule has 0 aromatic heterocycles. The molecule has 5 fully saturated rings. The van der Waals surface area contributed by atoms with Gasteiger partial charge in [0, 0.05) is 18.9 Å². The molecule has 6 nitrogen and oxygen atoms in total. The Labute approximate surface area is 187 Å². The number of hydrogen-bond donors (Lipinski definition) is 2. The van der Waals surface area contributed by atoms with E-state index in [9.17, 15) is 14.5 Å². The van der Waals surface area contributed by atoms with Crippen LogP contribution in [0.1, 0.15) is 86.0 Å². The Balaban J connectivity index is 1.59. The summed E-state index contributed by atoms with van der Waals surface area (Å²) in [5.74, 6) is 1.04. The number of hydrogen-bond acceptors (Lipinski definition) is 5.